The monoisotopic (exact) mass is 487 g/mol. The third kappa shape index (κ3) is 4.06. The van der Waals surface area contributed by atoms with Gasteiger partial charge in [-0.1, -0.05) is 42.5 Å². The van der Waals surface area contributed by atoms with Crippen molar-refractivity contribution in [2.24, 2.45) is 7.05 Å². The van der Waals surface area contributed by atoms with E-state index in [2.05, 4.69) is 4.98 Å². The van der Waals surface area contributed by atoms with Gasteiger partial charge in [-0.25, -0.2) is 9.36 Å². The highest BCUT2D eigenvalue weighted by Crippen LogP contribution is 2.19. The first-order valence-electron chi connectivity index (χ1n) is 11.4. The van der Waals surface area contributed by atoms with Gasteiger partial charge in [0.2, 0.25) is 5.78 Å². The van der Waals surface area contributed by atoms with E-state index in [1.165, 1.54) is 11.6 Å². The number of imidazole rings is 2. The largest absolute Gasteiger partial charge is 0.497 e. The topological polar surface area (TPSA) is 102 Å². The van der Waals surface area contributed by atoms with E-state index in [1.54, 1.807) is 17.7 Å². The molecule has 0 spiro atoms. The molecule has 0 saturated heterocycles. The molecule has 2 aromatic carbocycles. The summed E-state index contributed by atoms with van der Waals surface area (Å²) < 4.78 is 16.3. The Labute approximate surface area is 205 Å². The average molecular weight is 488 g/mol. The zero-order valence-corrected chi connectivity index (χ0v) is 20.2. The normalized spacial score (nSPS) is 11.3. The Balaban J connectivity index is 1.51. The van der Waals surface area contributed by atoms with Crippen molar-refractivity contribution in [3.63, 3.8) is 0 Å². The van der Waals surface area contributed by atoms with Gasteiger partial charge in [0.25, 0.3) is 5.56 Å². The minimum absolute atomic E-state index is 0.0569. The molecule has 5 rings (SSSR count). The molecule has 0 fully saturated rings. The van der Waals surface area contributed by atoms with Crippen LogP contribution in [0, 0.1) is 6.92 Å². The zero-order valence-electron chi connectivity index (χ0n) is 20.2. The fourth-order valence-electron chi connectivity index (χ4n) is 4.22. The maximum atomic E-state index is 13.4. The highest BCUT2D eigenvalue weighted by molar-refractivity contribution is 5.76. The Morgan fingerprint density at radius 1 is 0.972 bits per heavy atom. The molecule has 0 bridgehead atoms. The molecular formula is C26H25N5O5. The van der Waals surface area contributed by atoms with Crippen molar-refractivity contribution in [1.29, 1.82) is 0 Å². The first-order chi connectivity index (χ1) is 17.4. The van der Waals surface area contributed by atoms with Gasteiger partial charge in [0, 0.05) is 18.9 Å². The van der Waals surface area contributed by atoms with Crippen molar-refractivity contribution in [2.45, 2.75) is 26.6 Å². The average Bonchev–Trinajstić information content (AvgIpc) is 3.40. The lowest BCUT2D eigenvalue weighted by Crippen LogP contribution is -2.41. The molecule has 10 nitrogen and oxygen atoms in total. The highest BCUT2D eigenvalue weighted by atomic mass is 16.5. The smallest absolute Gasteiger partial charge is 0.333 e. The van der Waals surface area contributed by atoms with E-state index in [1.807, 2.05) is 66.1 Å². The lowest BCUT2D eigenvalue weighted by atomic mass is 10.2. The van der Waals surface area contributed by atoms with Gasteiger partial charge in [0.15, 0.2) is 11.2 Å². The van der Waals surface area contributed by atoms with Crippen LogP contribution >= 0.6 is 0 Å². The van der Waals surface area contributed by atoms with Crippen LogP contribution in [0.3, 0.4) is 0 Å². The Kier molecular flexibility index (Phi) is 5.93. The summed E-state index contributed by atoms with van der Waals surface area (Å²) >= 11 is 0. The number of rotatable bonds is 7. The van der Waals surface area contributed by atoms with Gasteiger partial charge in [-0.3, -0.25) is 18.6 Å². The molecule has 3 heterocycles. The van der Waals surface area contributed by atoms with E-state index in [0.717, 1.165) is 27.1 Å². The standard InChI is InChI=1S/C26H25N5O5/c1-17-13-30-22-23(27-25(30)29(17)14-18-9-11-20(35-3)12-10-18)28(2)26(34)31(24(22)33)15-21(32)36-16-19-7-5-4-6-8-19/h4-13H,14-16H2,1-3H3. The van der Waals surface area contributed by atoms with Crippen molar-refractivity contribution in [3.05, 3.63) is 98.5 Å². The molecule has 3 aromatic heterocycles. The minimum atomic E-state index is -0.675. The number of fused-ring (bicyclic) bond motifs is 3. The fraction of sp³-hybridized carbons (Fsp3) is 0.231. The number of aromatic nitrogens is 5. The zero-order chi connectivity index (χ0) is 25.4. The van der Waals surface area contributed by atoms with E-state index < -0.39 is 23.8 Å². The molecule has 0 N–H and O–H groups in total. The Hall–Kier alpha value is -4.60. The van der Waals surface area contributed by atoms with Crippen molar-refractivity contribution in [2.75, 3.05) is 7.11 Å². The Bertz CT molecular complexity index is 1690. The molecule has 5 aromatic rings. The highest BCUT2D eigenvalue weighted by Gasteiger charge is 2.21. The predicted octanol–water partition coefficient (Wildman–Crippen LogP) is 2.26. The maximum Gasteiger partial charge on any atom is 0.333 e. The van der Waals surface area contributed by atoms with Gasteiger partial charge in [-0.15, -0.1) is 0 Å². The van der Waals surface area contributed by atoms with Crippen LogP contribution in [0.15, 0.2) is 70.4 Å². The lowest BCUT2D eigenvalue weighted by Gasteiger charge is -2.09. The van der Waals surface area contributed by atoms with E-state index in [4.69, 9.17) is 9.47 Å². The quantitative estimate of drug-likeness (QED) is 0.327. The summed E-state index contributed by atoms with van der Waals surface area (Å²) in [5, 5.41) is 0. The molecule has 0 radical (unpaired) electrons. The minimum Gasteiger partial charge on any atom is -0.497 e. The summed E-state index contributed by atoms with van der Waals surface area (Å²) in [6, 6.07) is 16.9. The molecule has 0 aliphatic rings. The first-order valence-corrected chi connectivity index (χ1v) is 11.4. The molecule has 0 aliphatic heterocycles. The van der Waals surface area contributed by atoms with Crippen LogP contribution in [0.5, 0.6) is 5.75 Å². The number of nitrogens with zero attached hydrogens (tertiary/aromatic N) is 5. The number of hydrogen-bond donors (Lipinski definition) is 0. The van der Waals surface area contributed by atoms with Crippen molar-refractivity contribution >= 4 is 22.9 Å². The number of esters is 1. The Morgan fingerprint density at radius 2 is 1.69 bits per heavy atom. The van der Waals surface area contributed by atoms with Crippen LogP contribution in [0.1, 0.15) is 16.8 Å². The first kappa shape index (κ1) is 23.2. The number of methoxy groups -OCH3 is 1. The maximum absolute atomic E-state index is 13.4. The summed E-state index contributed by atoms with van der Waals surface area (Å²) in [5.41, 5.74) is 1.96. The van der Waals surface area contributed by atoms with E-state index in [-0.39, 0.29) is 17.8 Å². The van der Waals surface area contributed by atoms with Crippen molar-refractivity contribution in [3.8, 4) is 5.75 Å². The second-order valence-electron chi connectivity index (χ2n) is 8.54. The number of benzene rings is 2. The molecule has 0 unspecified atom stereocenters. The fourth-order valence-corrected chi connectivity index (χ4v) is 4.22. The lowest BCUT2D eigenvalue weighted by molar-refractivity contribution is -0.145. The summed E-state index contributed by atoms with van der Waals surface area (Å²) in [4.78, 5) is 43.5. The van der Waals surface area contributed by atoms with Crippen LogP contribution in [-0.2, 0) is 36.3 Å². The molecule has 36 heavy (non-hydrogen) atoms. The van der Waals surface area contributed by atoms with Crippen LogP contribution in [0.4, 0.5) is 0 Å². The molecular weight excluding hydrogens is 462 g/mol. The molecule has 0 aliphatic carbocycles. The van der Waals surface area contributed by atoms with E-state index >= 15 is 0 Å². The number of carbonyl (C=O) groups is 1. The number of aryl methyl sites for hydroxylation is 2. The van der Waals surface area contributed by atoms with Crippen molar-refractivity contribution < 1.29 is 14.3 Å². The summed E-state index contributed by atoms with van der Waals surface area (Å²) in [7, 11) is 3.15. The molecule has 0 atom stereocenters. The SMILES string of the molecule is COc1ccc(Cn2c(C)cn3c4c(=O)n(CC(=O)OCc5ccccc5)c(=O)n(C)c4nc23)cc1. The second-order valence-corrected chi connectivity index (χ2v) is 8.54. The number of hydrogen-bond acceptors (Lipinski definition) is 6. The van der Waals surface area contributed by atoms with Gasteiger partial charge in [-0.2, -0.15) is 4.98 Å². The van der Waals surface area contributed by atoms with E-state index in [0.29, 0.717) is 12.3 Å². The molecule has 0 amide bonds. The summed E-state index contributed by atoms with van der Waals surface area (Å²) in [5.74, 6) is 0.610. The van der Waals surface area contributed by atoms with Crippen molar-refractivity contribution in [1.82, 2.24) is 23.1 Å². The Morgan fingerprint density at radius 3 is 2.39 bits per heavy atom. The second kappa shape index (κ2) is 9.21. The van der Waals surface area contributed by atoms with Gasteiger partial charge < -0.3 is 14.0 Å². The molecule has 10 heteroatoms. The van der Waals surface area contributed by atoms with E-state index in [9.17, 15) is 14.4 Å². The van der Waals surface area contributed by atoms with Crippen LogP contribution < -0.4 is 16.0 Å². The summed E-state index contributed by atoms with van der Waals surface area (Å²) in [6.45, 7) is 2.00. The third-order valence-corrected chi connectivity index (χ3v) is 6.17. The van der Waals surface area contributed by atoms with Gasteiger partial charge in [-0.05, 0) is 30.2 Å². The third-order valence-electron chi connectivity index (χ3n) is 6.17. The van der Waals surface area contributed by atoms with Crippen LogP contribution in [0.2, 0.25) is 0 Å². The van der Waals surface area contributed by atoms with Gasteiger partial charge in [0.1, 0.15) is 18.9 Å². The predicted molar refractivity (Wildman–Crippen MR) is 133 cm³/mol. The number of ether oxygens (including phenoxy) is 2. The summed E-state index contributed by atoms with van der Waals surface area (Å²) in [6.07, 6.45) is 1.80. The van der Waals surface area contributed by atoms with Gasteiger partial charge in [0.05, 0.1) is 13.7 Å². The van der Waals surface area contributed by atoms with Gasteiger partial charge >= 0.3 is 11.7 Å². The molecule has 184 valence electrons. The molecule has 0 saturated carbocycles. The van der Waals surface area contributed by atoms with Crippen LogP contribution in [0.25, 0.3) is 16.9 Å². The number of carbonyl (C=O) groups excluding carboxylic acids is 1. The van der Waals surface area contributed by atoms with Crippen LogP contribution in [-0.4, -0.2) is 36.2 Å².